The molecule has 0 aliphatic rings. The van der Waals surface area contributed by atoms with E-state index in [0.717, 1.165) is 17.4 Å². The number of aromatic nitrogens is 2. The van der Waals surface area contributed by atoms with E-state index in [1.54, 1.807) is 0 Å². The van der Waals surface area contributed by atoms with E-state index in [1.807, 2.05) is 6.07 Å². The van der Waals surface area contributed by atoms with E-state index >= 15 is 0 Å². The maximum absolute atomic E-state index is 5.54. The van der Waals surface area contributed by atoms with Gasteiger partial charge in [0.05, 0.1) is 0 Å². The number of nitrogen functional groups attached to an aromatic ring is 1. The predicted molar refractivity (Wildman–Crippen MR) is 68.2 cm³/mol. The summed E-state index contributed by atoms with van der Waals surface area (Å²) >= 11 is 1.32. The number of nitrogens with two attached hydrogens (primary N) is 1. The molecule has 0 fully saturated rings. The van der Waals surface area contributed by atoms with Crippen molar-refractivity contribution in [1.82, 2.24) is 9.36 Å². The summed E-state index contributed by atoms with van der Waals surface area (Å²) in [7, 11) is 0. The molecule has 4 nitrogen and oxygen atoms in total. The molecular weight excluding hydrogens is 220 g/mol. The zero-order valence-corrected chi connectivity index (χ0v) is 10.2. The Balaban J connectivity index is 2.36. The van der Waals surface area contributed by atoms with Crippen molar-refractivity contribution in [2.75, 3.05) is 17.2 Å². The quantitative estimate of drug-likeness (QED) is 0.886. The van der Waals surface area contributed by atoms with Gasteiger partial charge < -0.3 is 10.6 Å². The molecule has 16 heavy (non-hydrogen) atoms. The fraction of sp³-hybridized carbons (Fsp3) is 0.273. The molecule has 5 heteroatoms. The molecule has 0 unspecified atom stereocenters. The Morgan fingerprint density at radius 1 is 1.44 bits per heavy atom. The first kappa shape index (κ1) is 10.9. The van der Waals surface area contributed by atoms with E-state index in [1.165, 1.54) is 17.1 Å². The summed E-state index contributed by atoms with van der Waals surface area (Å²) in [4.78, 5) is 6.30. The lowest BCUT2D eigenvalue weighted by atomic mass is 10.2. The second kappa shape index (κ2) is 4.49. The minimum Gasteiger partial charge on any atom is -0.367 e. The second-order valence-corrected chi connectivity index (χ2v) is 4.25. The molecule has 2 N–H and O–H groups in total. The molecule has 0 aliphatic carbocycles. The van der Waals surface area contributed by atoms with Crippen molar-refractivity contribution in [3.63, 3.8) is 0 Å². The minimum atomic E-state index is 0.339. The van der Waals surface area contributed by atoms with Crippen molar-refractivity contribution in [2.24, 2.45) is 0 Å². The molecule has 0 saturated carbocycles. The highest BCUT2D eigenvalue weighted by molar-refractivity contribution is 7.10. The van der Waals surface area contributed by atoms with Gasteiger partial charge in [0.2, 0.25) is 11.1 Å². The van der Waals surface area contributed by atoms with Crippen molar-refractivity contribution in [3.8, 4) is 0 Å². The minimum absolute atomic E-state index is 0.339. The molecule has 0 atom stereocenters. The van der Waals surface area contributed by atoms with Crippen molar-refractivity contribution in [1.29, 1.82) is 0 Å². The lowest BCUT2D eigenvalue weighted by molar-refractivity contribution is 1.01. The van der Waals surface area contributed by atoms with E-state index in [4.69, 9.17) is 5.73 Å². The second-order valence-electron chi connectivity index (χ2n) is 3.52. The number of hydrogen-bond donors (Lipinski definition) is 1. The summed E-state index contributed by atoms with van der Waals surface area (Å²) in [6, 6.07) is 8.30. The molecule has 1 aromatic carbocycles. The van der Waals surface area contributed by atoms with Crippen LogP contribution in [0.1, 0.15) is 12.5 Å². The molecule has 84 valence electrons. The summed E-state index contributed by atoms with van der Waals surface area (Å²) < 4.78 is 4.00. The number of nitrogens with zero attached hydrogens (tertiary/aromatic N) is 3. The van der Waals surface area contributed by atoms with Crippen LogP contribution in [0.15, 0.2) is 24.3 Å². The molecule has 2 rings (SSSR count). The van der Waals surface area contributed by atoms with E-state index in [-0.39, 0.29) is 0 Å². The van der Waals surface area contributed by atoms with Crippen LogP contribution in [0, 0.1) is 6.92 Å². The lowest BCUT2D eigenvalue weighted by Gasteiger charge is -2.19. The van der Waals surface area contributed by atoms with E-state index < -0.39 is 0 Å². The summed E-state index contributed by atoms with van der Waals surface area (Å²) in [5.74, 6) is 0.339. The van der Waals surface area contributed by atoms with Gasteiger partial charge in [-0.1, -0.05) is 12.1 Å². The van der Waals surface area contributed by atoms with Gasteiger partial charge in [-0.25, -0.2) is 0 Å². The van der Waals surface area contributed by atoms with Crippen LogP contribution in [0.3, 0.4) is 0 Å². The number of hydrogen-bond acceptors (Lipinski definition) is 5. The van der Waals surface area contributed by atoms with Crippen LogP contribution in [0.2, 0.25) is 0 Å². The fourth-order valence-electron chi connectivity index (χ4n) is 1.56. The van der Waals surface area contributed by atoms with E-state index in [9.17, 15) is 0 Å². The number of anilines is 3. The van der Waals surface area contributed by atoms with Crippen LogP contribution >= 0.6 is 11.5 Å². The predicted octanol–water partition coefficient (Wildman–Crippen LogP) is 2.59. The van der Waals surface area contributed by atoms with Gasteiger partial charge in [-0.05, 0) is 31.5 Å². The summed E-state index contributed by atoms with van der Waals surface area (Å²) in [6.07, 6.45) is 0. The third kappa shape index (κ3) is 2.14. The highest BCUT2D eigenvalue weighted by Crippen LogP contribution is 2.27. The Morgan fingerprint density at radius 2 is 2.25 bits per heavy atom. The van der Waals surface area contributed by atoms with Crippen LogP contribution in [0.5, 0.6) is 0 Å². The third-order valence-electron chi connectivity index (χ3n) is 2.29. The SMILES string of the molecule is CCN(c1cccc(C)c1)c1nc(N)ns1. The first-order chi connectivity index (χ1) is 7.70. The molecule has 0 radical (unpaired) electrons. The fourth-order valence-corrected chi connectivity index (χ4v) is 2.24. The van der Waals surface area contributed by atoms with Crippen LogP contribution < -0.4 is 10.6 Å². The third-order valence-corrected chi connectivity index (χ3v) is 3.04. The number of benzene rings is 1. The summed E-state index contributed by atoms with van der Waals surface area (Å²) in [5, 5.41) is 0.839. The smallest absolute Gasteiger partial charge is 0.233 e. The topological polar surface area (TPSA) is 55.0 Å². The van der Waals surface area contributed by atoms with Gasteiger partial charge in [-0.3, -0.25) is 0 Å². The highest BCUT2D eigenvalue weighted by atomic mass is 32.1. The van der Waals surface area contributed by atoms with Gasteiger partial charge >= 0.3 is 0 Å². The summed E-state index contributed by atoms with van der Waals surface area (Å²) in [5.41, 5.74) is 7.89. The molecule has 0 amide bonds. The Hall–Kier alpha value is -1.62. The molecule has 0 spiro atoms. The zero-order chi connectivity index (χ0) is 11.5. The first-order valence-corrected chi connectivity index (χ1v) is 5.91. The average Bonchev–Trinajstić information content (AvgIpc) is 2.66. The van der Waals surface area contributed by atoms with Crippen molar-refractivity contribution in [3.05, 3.63) is 29.8 Å². The van der Waals surface area contributed by atoms with Gasteiger partial charge in [-0.15, -0.1) is 0 Å². The summed E-state index contributed by atoms with van der Waals surface area (Å²) in [6.45, 7) is 5.00. The van der Waals surface area contributed by atoms with Gasteiger partial charge in [0.1, 0.15) is 0 Å². The standard InChI is InChI=1S/C11H14N4S/c1-3-15(11-13-10(12)14-16-11)9-6-4-5-8(2)7-9/h4-7H,3H2,1-2H3,(H2,12,14). The monoisotopic (exact) mass is 234 g/mol. The van der Waals surface area contributed by atoms with E-state index in [0.29, 0.717) is 5.95 Å². The van der Waals surface area contributed by atoms with Crippen molar-refractivity contribution in [2.45, 2.75) is 13.8 Å². The molecule has 1 aromatic heterocycles. The normalized spacial score (nSPS) is 10.4. The van der Waals surface area contributed by atoms with Crippen molar-refractivity contribution < 1.29 is 0 Å². The van der Waals surface area contributed by atoms with Gasteiger partial charge in [0, 0.05) is 23.8 Å². The molecule has 0 saturated heterocycles. The Bertz CT molecular complexity index is 480. The van der Waals surface area contributed by atoms with Gasteiger partial charge in [0.25, 0.3) is 0 Å². The highest BCUT2D eigenvalue weighted by Gasteiger charge is 2.11. The van der Waals surface area contributed by atoms with Gasteiger partial charge in [-0.2, -0.15) is 9.36 Å². The molecule has 0 aliphatic heterocycles. The van der Waals surface area contributed by atoms with E-state index in [2.05, 4.69) is 46.3 Å². The number of rotatable bonds is 3. The average molecular weight is 234 g/mol. The van der Waals surface area contributed by atoms with Crippen LogP contribution in [-0.2, 0) is 0 Å². The molecule has 1 heterocycles. The Labute approximate surface area is 98.9 Å². The van der Waals surface area contributed by atoms with Crippen LogP contribution in [-0.4, -0.2) is 15.9 Å². The maximum Gasteiger partial charge on any atom is 0.233 e. The Kier molecular flexibility index (Phi) is 3.05. The molecule has 0 bridgehead atoms. The van der Waals surface area contributed by atoms with Crippen molar-refractivity contribution >= 4 is 28.3 Å². The maximum atomic E-state index is 5.54. The Morgan fingerprint density at radius 3 is 2.81 bits per heavy atom. The molecule has 2 aromatic rings. The molecular formula is C11H14N4S. The lowest BCUT2D eigenvalue weighted by Crippen LogP contribution is -2.15. The van der Waals surface area contributed by atoms with Crippen LogP contribution in [0.25, 0.3) is 0 Å². The largest absolute Gasteiger partial charge is 0.367 e. The zero-order valence-electron chi connectivity index (χ0n) is 9.34. The number of aryl methyl sites for hydroxylation is 1. The van der Waals surface area contributed by atoms with Gasteiger partial charge in [0.15, 0.2) is 0 Å². The van der Waals surface area contributed by atoms with Crippen LogP contribution in [0.4, 0.5) is 16.8 Å². The first-order valence-electron chi connectivity index (χ1n) is 5.14.